The van der Waals surface area contributed by atoms with Crippen molar-refractivity contribution in [2.45, 2.75) is 105 Å². The first-order valence-electron chi connectivity index (χ1n) is 25.5. The second kappa shape index (κ2) is 16.0. The van der Waals surface area contributed by atoms with Crippen molar-refractivity contribution in [3.63, 3.8) is 0 Å². The highest BCUT2D eigenvalue weighted by molar-refractivity contribution is 7.33. The smallest absolute Gasteiger partial charge is 0.264 e. The summed E-state index contributed by atoms with van der Waals surface area (Å²) >= 11 is 1.99. The molecule has 0 bridgehead atoms. The van der Waals surface area contributed by atoms with E-state index in [1.54, 1.807) is 0 Å². The first-order valence-corrected chi connectivity index (χ1v) is 26.4. The first kappa shape index (κ1) is 44.6. The average Bonchev–Trinajstić information content (AvgIpc) is 3.74. The Labute approximate surface area is 419 Å². The maximum Gasteiger partial charge on any atom is 0.264 e. The second-order valence-corrected chi connectivity index (χ2v) is 24.3. The van der Waals surface area contributed by atoms with E-state index >= 15 is 0 Å². The van der Waals surface area contributed by atoms with Crippen molar-refractivity contribution in [2.24, 2.45) is 0 Å². The summed E-state index contributed by atoms with van der Waals surface area (Å²) in [7, 11) is 0. The molecule has 4 heteroatoms. The van der Waals surface area contributed by atoms with E-state index in [2.05, 4.69) is 250 Å². The molecule has 3 heterocycles. The molecule has 0 atom stereocenters. The minimum absolute atomic E-state index is 0.0112. The maximum atomic E-state index is 2.63. The van der Waals surface area contributed by atoms with Crippen LogP contribution in [0.25, 0.3) is 53.5 Å². The van der Waals surface area contributed by atoms with Crippen LogP contribution in [0.3, 0.4) is 0 Å². The van der Waals surface area contributed by atoms with Gasteiger partial charge in [-0.15, -0.1) is 11.3 Å². The fourth-order valence-corrected chi connectivity index (χ4v) is 12.9. The highest BCUT2D eigenvalue weighted by Crippen LogP contribution is 2.51. The van der Waals surface area contributed by atoms with Crippen molar-refractivity contribution in [3.8, 4) is 11.1 Å². The predicted molar refractivity (Wildman–Crippen MR) is 309 cm³/mol. The van der Waals surface area contributed by atoms with Crippen molar-refractivity contribution >= 4 is 110 Å². The molecule has 0 saturated carbocycles. The molecular formula is C66H63BN2S. The molecule has 70 heavy (non-hydrogen) atoms. The normalized spacial score (nSPS) is 13.7. The molecule has 0 saturated heterocycles. The van der Waals surface area contributed by atoms with Crippen LogP contribution in [-0.4, -0.2) is 6.71 Å². The summed E-state index contributed by atoms with van der Waals surface area (Å²) in [6.45, 7) is 25.8. The Kier molecular flexibility index (Phi) is 10.2. The van der Waals surface area contributed by atoms with Crippen molar-refractivity contribution < 1.29 is 0 Å². The number of hydrogen-bond acceptors (Lipinski definition) is 3. The summed E-state index contributed by atoms with van der Waals surface area (Å²) in [5.41, 5.74) is 18.1. The van der Waals surface area contributed by atoms with Crippen LogP contribution >= 0.6 is 11.3 Å². The molecule has 2 aliphatic heterocycles. The molecule has 0 radical (unpaired) electrons. The van der Waals surface area contributed by atoms with Crippen LogP contribution in [0.5, 0.6) is 0 Å². The Bertz CT molecular complexity index is 3710. The van der Waals surface area contributed by atoms with E-state index in [1.807, 2.05) is 11.3 Å². The summed E-state index contributed by atoms with van der Waals surface area (Å²) in [5, 5.41) is 9.08. The van der Waals surface area contributed by atoms with Crippen LogP contribution in [0.2, 0.25) is 0 Å². The molecule has 346 valence electrons. The SMILES string of the molecule is CCC(C)(C)c1ccc(N2c3cccc4c3B(c3cc(C(C)C)ccc3N4c3ccc(C(C)(C)C)cc3-c3ccc4c5ccccc5c5ccccc5c4c3)c3sc4ccc(C(C)(C)C)cc4c32)cc1. The molecule has 10 aromatic rings. The van der Waals surface area contributed by atoms with Crippen molar-refractivity contribution in [1.29, 1.82) is 0 Å². The predicted octanol–water partition coefficient (Wildman–Crippen LogP) is 17.5. The summed E-state index contributed by atoms with van der Waals surface area (Å²) in [5.74, 6) is 0.378. The number of nitrogens with zero attached hydrogens (tertiary/aromatic N) is 2. The highest BCUT2D eigenvalue weighted by atomic mass is 32.1. The Morgan fingerprint density at radius 1 is 0.486 bits per heavy atom. The number of benzene rings is 9. The first-order chi connectivity index (χ1) is 33.5. The monoisotopic (exact) mass is 926 g/mol. The fraction of sp³-hybridized carbons (Fsp3) is 0.242. The van der Waals surface area contributed by atoms with E-state index in [9.17, 15) is 0 Å². The standard InChI is InChI=1S/C66H63BN2S/c1-12-66(10,11)43-26-30-46(31-27-43)68-58-22-17-23-59-61(58)67(63-62(68)54-39-45(65(7,8)9)29-35-60(54)70-63)55-37-41(40(2)3)25-33-57(55)69(59)56-34-28-44(64(4,5)6)38-52(56)42-24-32-51-49-20-14-13-18-47(49)48-19-15-16-21-50(48)53(51)36-42/h13-40H,12H2,1-11H3. The summed E-state index contributed by atoms with van der Waals surface area (Å²) in [6.07, 6.45) is 1.08. The zero-order chi connectivity index (χ0) is 48.6. The van der Waals surface area contributed by atoms with Gasteiger partial charge in [-0.25, -0.2) is 0 Å². The lowest BCUT2D eigenvalue weighted by atomic mass is 9.36. The molecular weight excluding hydrogens is 864 g/mol. The third kappa shape index (κ3) is 6.88. The van der Waals surface area contributed by atoms with Crippen LogP contribution in [0.1, 0.15) is 111 Å². The van der Waals surface area contributed by atoms with Crippen molar-refractivity contribution in [3.05, 3.63) is 186 Å². The zero-order valence-corrected chi connectivity index (χ0v) is 43.6. The van der Waals surface area contributed by atoms with Crippen molar-refractivity contribution in [1.82, 2.24) is 0 Å². The number of thiophene rings is 1. The van der Waals surface area contributed by atoms with E-state index in [-0.39, 0.29) is 23.0 Å². The maximum absolute atomic E-state index is 2.63. The van der Waals surface area contributed by atoms with Gasteiger partial charge in [-0.1, -0.05) is 179 Å². The molecule has 12 rings (SSSR count). The van der Waals surface area contributed by atoms with Gasteiger partial charge >= 0.3 is 0 Å². The van der Waals surface area contributed by atoms with E-state index < -0.39 is 0 Å². The molecule has 2 aliphatic rings. The number of fused-ring (bicyclic) bond motifs is 12. The molecule has 2 nitrogen and oxygen atoms in total. The van der Waals surface area contributed by atoms with Gasteiger partial charge in [-0.3, -0.25) is 0 Å². The molecule has 0 fully saturated rings. The van der Waals surface area contributed by atoms with Crippen molar-refractivity contribution in [2.75, 3.05) is 9.80 Å². The molecule has 9 aromatic carbocycles. The third-order valence-corrected chi connectivity index (χ3v) is 17.3. The van der Waals surface area contributed by atoms with Gasteiger partial charge in [0.2, 0.25) is 0 Å². The van der Waals surface area contributed by atoms with E-state index in [0.717, 1.165) is 6.42 Å². The van der Waals surface area contributed by atoms with Gasteiger partial charge in [0.1, 0.15) is 0 Å². The summed E-state index contributed by atoms with van der Waals surface area (Å²) in [4.78, 5) is 5.25. The van der Waals surface area contributed by atoms with Crippen LogP contribution in [0.15, 0.2) is 164 Å². The molecule has 0 N–H and O–H groups in total. The Morgan fingerprint density at radius 3 is 1.69 bits per heavy atom. The van der Waals surface area contributed by atoms with Gasteiger partial charge in [-0.05, 0) is 160 Å². The summed E-state index contributed by atoms with van der Waals surface area (Å²) < 4.78 is 2.75. The quantitative estimate of drug-likeness (QED) is 0.121. The topological polar surface area (TPSA) is 6.48 Å². The Hall–Kier alpha value is -6.62. The number of rotatable bonds is 6. The van der Waals surface area contributed by atoms with E-state index in [1.165, 1.54) is 126 Å². The molecule has 1 aromatic heterocycles. The van der Waals surface area contributed by atoms with Crippen LogP contribution < -0.4 is 25.5 Å². The fourth-order valence-electron chi connectivity index (χ4n) is 11.6. The zero-order valence-electron chi connectivity index (χ0n) is 42.8. The number of anilines is 6. The molecule has 0 unspecified atom stereocenters. The largest absolute Gasteiger partial charge is 0.311 e. The molecule has 0 aliphatic carbocycles. The van der Waals surface area contributed by atoms with E-state index in [4.69, 9.17) is 0 Å². The van der Waals surface area contributed by atoms with Gasteiger partial charge in [0.25, 0.3) is 6.71 Å². The lowest BCUT2D eigenvalue weighted by Crippen LogP contribution is -2.60. The van der Waals surface area contributed by atoms with Gasteiger partial charge in [0.05, 0.1) is 11.4 Å². The van der Waals surface area contributed by atoms with Crippen LogP contribution in [-0.2, 0) is 16.2 Å². The minimum atomic E-state index is -0.0527. The third-order valence-electron chi connectivity index (χ3n) is 16.1. The molecule has 0 spiro atoms. The van der Waals surface area contributed by atoms with Gasteiger partial charge in [-0.2, -0.15) is 0 Å². The van der Waals surface area contributed by atoms with Crippen LogP contribution in [0, 0.1) is 0 Å². The van der Waals surface area contributed by atoms with Gasteiger partial charge in [0, 0.05) is 43.2 Å². The van der Waals surface area contributed by atoms with Crippen LogP contribution in [0.4, 0.5) is 34.1 Å². The minimum Gasteiger partial charge on any atom is -0.311 e. The Morgan fingerprint density at radius 2 is 1.06 bits per heavy atom. The van der Waals surface area contributed by atoms with Gasteiger partial charge < -0.3 is 9.80 Å². The highest BCUT2D eigenvalue weighted by Gasteiger charge is 2.46. The lowest BCUT2D eigenvalue weighted by Gasteiger charge is -2.44. The second-order valence-electron chi connectivity index (χ2n) is 23.2. The van der Waals surface area contributed by atoms with E-state index in [0.29, 0.717) is 5.92 Å². The average molecular weight is 927 g/mol. The Balaban J connectivity index is 1.15. The summed E-state index contributed by atoms with van der Waals surface area (Å²) in [6, 6.07) is 63.7. The van der Waals surface area contributed by atoms with Gasteiger partial charge in [0.15, 0.2) is 0 Å². The lowest BCUT2D eigenvalue weighted by molar-refractivity contribution is 0.506. The number of hydrogen-bond donors (Lipinski definition) is 0. The molecule has 0 amide bonds.